The van der Waals surface area contributed by atoms with Gasteiger partial charge >= 0.3 is 5.97 Å². The molecule has 0 aliphatic rings. The molecule has 2 aromatic carbocycles. The number of rotatable bonds is 3. The number of esters is 1. The van der Waals surface area contributed by atoms with Crippen LogP contribution in [0.5, 0.6) is 5.75 Å². The summed E-state index contributed by atoms with van der Waals surface area (Å²) in [6.45, 7) is 1.20. The van der Waals surface area contributed by atoms with Crippen molar-refractivity contribution in [3.8, 4) is 5.75 Å². The summed E-state index contributed by atoms with van der Waals surface area (Å²) in [6, 6.07) is 7.32. The number of nitrogens with one attached hydrogen (secondary N) is 1. The number of anilines is 1. The number of halogens is 4. The van der Waals surface area contributed by atoms with Gasteiger partial charge in [-0.2, -0.15) is 0 Å². The number of carbonyl (C=O) groups is 2. The molecular weight excluding hydrogens is 384 g/mol. The highest BCUT2D eigenvalue weighted by Gasteiger charge is 2.19. The van der Waals surface area contributed by atoms with Gasteiger partial charge in [-0.15, -0.1) is 0 Å². The fraction of sp³-hybridized carbons (Fsp3) is 0.0667. The van der Waals surface area contributed by atoms with Gasteiger partial charge in [0.05, 0.1) is 20.6 Å². The molecule has 0 aromatic heterocycles. The molecule has 0 heterocycles. The van der Waals surface area contributed by atoms with E-state index in [1.54, 1.807) is 6.07 Å². The lowest BCUT2D eigenvalue weighted by Gasteiger charge is -2.12. The normalized spacial score (nSPS) is 10.3. The molecule has 0 atom stereocenters. The van der Waals surface area contributed by atoms with E-state index in [1.807, 2.05) is 0 Å². The van der Waals surface area contributed by atoms with Crippen LogP contribution in [0.4, 0.5) is 5.69 Å². The van der Waals surface area contributed by atoms with Gasteiger partial charge in [0, 0.05) is 17.6 Å². The summed E-state index contributed by atoms with van der Waals surface area (Å²) in [5.41, 5.74) is 0.429. The molecule has 2 aromatic rings. The van der Waals surface area contributed by atoms with Crippen molar-refractivity contribution < 1.29 is 14.3 Å². The van der Waals surface area contributed by atoms with E-state index in [0.29, 0.717) is 10.7 Å². The van der Waals surface area contributed by atoms with Crippen LogP contribution in [-0.4, -0.2) is 11.9 Å². The molecule has 2 rings (SSSR count). The van der Waals surface area contributed by atoms with Crippen molar-refractivity contribution >= 4 is 64.0 Å². The molecule has 8 heteroatoms. The molecule has 0 saturated carbocycles. The molecule has 0 aliphatic carbocycles. The molecule has 4 nitrogen and oxygen atoms in total. The Morgan fingerprint density at radius 2 is 1.65 bits per heavy atom. The minimum Gasteiger partial charge on any atom is -0.424 e. The Kier molecular flexibility index (Phi) is 5.76. The molecule has 23 heavy (non-hydrogen) atoms. The Hall–Kier alpha value is -1.46. The van der Waals surface area contributed by atoms with E-state index in [1.165, 1.54) is 31.2 Å². The molecule has 0 fully saturated rings. The topological polar surface area (TPSA) is 55.4 Å². The highest BCUT2D eigenvalue weighted by atomic mass is 35.5. The number of hydrogen-bond donors (Lipinski definition) is 1. The molecule has 0 bridgehead atoms. The SMILES string of the molecule is CC(=O)Oc1c(Cl)cc(Cl)cc1C(=O)Nc1ccc(Cl)c(Cl)c1. The third-order valence-electron chi connectivity index (χ3n) is 2.68. The van der Waals surface area contributed by atoms with Gasteiger partial charge < -0.3 is 10.1 Å². The lowest BCUT2D eigenvalue weighted by Crippen LogP contribution is -2.15. The van der Waals surface area contributed by atoms with E-state index in [4.69, 9.17) is 51.1 Å². The first-order chi connectivity index (χ1) is 10.8. The standard InChI is InChI=1S/C15H9Cl4NO3/c1-7(21)23-14-10(4-8(16)5-13(14)19)15(22)20-9-2-3-11(17)12(18)6-9/h2-6H,1H3,(H,20,22). The molecule has 1 amide bonds. The zero-order valence-electron chi connectivity index (χ0n) is 11.6. The van der Waals surface area contributed by atoms with E-state index in [-0.39, 0.29) is 26.4 Å². The van der Waals surface area contributed by atoms with Crippen LogP contribution >= 0.6 is 46.4 Å². The molecule has 120 valence electrons. The third kappa shape index (κ3) is 4.52. The molecule has 0 unspecified atom stereocenters. The second kappa shape index (κ2) is 7.41. The molecule has 0 radical (unpaired) electrons. The summed E-state index contributed by atoms with van der Waals surface area (Å²) in [4.78, 5) is 23.6. The molecule has 0 spiro atoms. The average Bonchev–Trinajstić information content (AvgIpc) is 2.45. The molecule has 0 aliphatic heterocycles. The number of benzene rings is 2. The monoisotopic (exact) mass is 391 g/mol. The Bertz CT molecular complexity index is 793. The van der Waals surface area contributed by atoms with Crippen molar-refractivity contribution in [1.29, 1.82) is 0 Å². The smallest absolute Gasteiger partial charge is 0.308 e. The Balaban J connectivity index is 2.37. The summed E-state index contributed by atoms with van der Waals surface area (Å²) in [5.74, 6) is -1.25. The van der Waals surface area contributed by atoms with E-state index >= 15 is 0 Å². The minimum atomic E-state index is -0.613. The highest BCUT2D eigenvalue weighted by Crippen LogP contribution is 2.33. The quantitative estimate of drug-likeness (QED) is 0.555. The molecule has 0 saturated heterocycles. The Morgan fingerprint density at radius 1 is 0.957 bits per heavy atom. The van der Waals surface area contributed by atoms with Crippen molar-refractivity contribution in [3.05, 3.63) is 56.0 Å². The van der Waals surface area contributed by atoms with E-state index < -0.39 is 11.9 Å². The van der Waals surface area contributed by atoms with Gasteiger partial charge in [-0.3, -0.25) is 9.59 Å². The summed E-state index contributed by atoms with van der Waals surface area (Å²) < 4.78 is 5.00. The van der Waals surface area contributed by atoms with Crippen LogP contribution in [0.15, 0.2) is 30.3 Å². The maximum absolute atomic E-state index is 12.4. The number of carbonyl (C=O) groups excluding carboxylic acids is 2. The maximum Gasteiger partial charge on any atom is 0.308 e. The average molecular weight is 393 g/mol. The zero-order valence-corrected chi connectivity index (χ0v) is 14.6. The fourth-order valence-electron chi connectivity index (χ4n) is 1.75. The van der Waals surface area contributed by atoms with Gasteiger partial charge in [-0.1, -0.05) is 46.4 Å². The van der Waals surface area contributed by atoms with Crippen molar-refractivity contribution in [3.63, 3.8) is 0 Å². The van der Waals surface area contributed by atoms with Crippen molar-refractivity contribution in [1.82, 2.24) is 0 Å². The molecular formula is C15H9Cl4NO3. The second-order valence-corrected chi connectivity index (χ2v) is 6.10. The largest absolute Gasteiger partial charge is 0.424 e. The third-order valence-corrected chi connectivity index (χ3v) is 3.91. The maximum atomic E-state index is 12.4. The van der Waals surface area contributed by atoms with Crippen LogP contribution in [0.3, 0.4) is 0 Å². The predicted octanol–water partition coefficient (Wildman–Crippen LogP) is 5.48. The predicted molar refractivity (Wildman–Crippen MR) is 92.2 cm³/mol. The van der Waals surface area contributed by atoms with E-state index in [0.717, 1.165) is 0 Å². The van der Waals surface area contributed by atoms with Crippen LogP contribution < -0.4 is 10.1 Å². The van der Waals surface area contributed by atoms with Gasteiger partial charge in [-0.25, -0.2) is 0 Å². The summed E-state index contributed by atoms with van der Waals surface area (Å²) in [5, 5.41) is 3.52. The van der Waals surface area contributed by atoms with Crippen molar-refractivity contribution in [2.24, 2.45) is 0 Å². The minimum absolute atomic E-state index is 0.0174. The van der Waals surface area contributed by atoms with Gasteiger partial charge in [0.2, 0.25) is 0 Å². The summed E-state index contributed by atoms with van der Waals surface area (Å²) in [7, 11) is 0. The lowest BCUT2D eigenvalue weighted by molar-refractivity contribution is -0.131. The van der Waals surface area contributed by atoms with Crippen LogP contribution in [0, 0.1) is 0 Å². The Morgan fingerprint density at radius 3 is 2.26 bits per heavy atom. The van der Waals surface area contributed by atoms with Crippen LogP contribution in [0.1, 0.15) is 17.3 Å². The number of amides is 1. The lowest BCUT2D eigenvalue weighted by atomic mass is 10.1. The van der Waals surface area contributed by atoms with Gasteiger partial charge in [0.15, 0.2) is 5.75 Å². The van der Waals surface area contributed by atoms with Gasteiger partial charge in [-0.05, 0) is 30.3 Å². The second-order valence-electron chi connectivity index (χ2n) is 4.44. The molecule has 1 N–H and O–H groups in total. The number of hydrogen-bond acceptors (Lipinski definition) is 3. The van der Waals surface area contributed by atoms with Crippen molar-refractivity contribution in [2.45, 2.75) is 6.92 Å². The van der Waals surface area contributed by atoms with Gasteiger partial charge in [0.25, 0.3) is 5.91 Å². The van der Waals surface area contributed by atoms with E-state index in [2.05, 4.69) is 5.32 Å². The Labute approximate surface area is 152 Å². The number of ether oxygens (including phenoxy) is 1. The van der Waals surface area contributed by atoms with Crippen molar-refractivity contribution in [2.75, 3.05) is 5.32 Å². The van der Waals surface area contributed by atoms with Gasteiger partial charge in [0.1, 0.15) is 0 Å². The zero-order chi connectivity index (χ0) is 17.1. The van der Waals surface area contributed by atoms with Crippen LogP contribution in [-0.2, 0) is 4.79 Å². The van der Waals surface area contributed by atoms with Crippen LogP contribution in [0.25, 0.3) is 0 Å². The summed E-state index contributed by atoms with van der Waals surface area (Å²) in [6.07, 6.45) is 0. The summed E-state index contributed by atoms with van der Waals surface area (Å²) >= 11 is 23.6. The first-order valence-corrected chi connectivity index (χ1v) is 7.73. The first kappa shape index (κ1) is 17.9. The van der Waals surface area contributed by atoms with Crippen LogP contribution in [0.2, 0.25) is 20.1 Å². The first-order valence-electron chi connectivity index (χ1n) is 6.22. The highest BCUT2D eigenvalue weighted by molar-refractivity contribution is 6.42. The van der Waals surface area contributed by atoms with E-state index in [9.17, 15) is 9.59 Å². The fourth-order valence-corrected chi connectivity index (χ4v) is 2.58.